The fraction of sp³-hybridized carbons (Fsp3) is 0.176. The van der Waals surface area contributed by atoms with E-state index in [-0.39, 0.29) is 12.0 Å². The van der Waals surface area contributed by atoms with Crippen molar-refractivity contribution in [2.45, 2.75) is 13.5 Å². The van der Waals surface area contributed by atoms with E-state index in [9.17, 15) is 9.59 Å². The van der Waals surface area contributed by atoms with Crippen molar-refractivity contribution in [3.05, 3.63) is 64.7 Å². The quantitative estimate of drug-likeness (QED) is 0.817. The lowest BCUT2D eigenvalue weighted by atomic mass is 10.2. The van der Waals surface area contributed by atoms with E-state index in [1.165, 1.54) is 0 Å². The van der Waals surface area contributed by atoms with E-state index >= 15 is 0 Å². The zero-order valence-corrected chi connectivity index (χ0v) is 13.4. The number of benzene rings is 2. The molecule has 0 heterocycles. The van der Waals surface area contributed by atoms with Gasteiger partial charge >= 0.3 is 12.0 Å². The second-order valence-electron chi connectivity index (χ2n) is 4.70. The van der Waals surface area contributed by atoms with Gasteiger partial charge < -0.3 is 15.4 Å². The van der Waals surface area contributed by atoms with Gasteiger partial charge in [-0.05, 0) is 42.8 Å². The largest absolute Gasteiger partial charge is 0.462 e. The molecular formula is C17H17ClN2O3. The number of carbonyl (C=O) groups excluding carboxylic acids is 2. The van der Waals surface area contributed by atoms with Crippen LogP contribution in [0.2, 0.25) is 5.02 Å². The molecule has 0 saturated carbocycles. The summed E-state index contributed by atoms with van der Waals surface area (Å²) in [4.78, 5) is 23.4. The first-order valence-electron chi connectivity index (χ1n) is 7.15. The van der Waals surface area contributed by atoms with E-state index in [4.69, 9.17) is 16.3 Å². The normalized spacial score (nSPS) is 10.0. The maximum atomic E-state index is 11.9. The lowest BCUT2D eigenvalue weighted by Gasteiger charge is -2.09. The highest BCUT2D eigenvalue weighted by Crippen LogP contribution is 2.14. The van der Waals surface area contributed by atoms with Crippen LogP contribution >= 0.6 is 11.6 Å². The van der Waals surface area contributed by atoms with Crippen molar-refractivity contribution in [3.8, 4) is 0 Å². The number of ether oxygens (including phenoxy) is 1. The van der Waals surface area contributed by atoms with Crippen molar-refractivity contribution < 1.29 is 14.3 Å². The molecule has 0 spiro atoms. The molecule has 0 aliphatic rings. The van der Waals surface area contributed by atoms with Crippen molar-refractivity contribution in [1.29, 1.82) is 0 Å². The van der Waals surface area contributed by atoms with Gasteiger partial charge in [-0.25, -0.2) is 9.59 Å². The predicted molar refractivity (Wildman–Crippen MR) is 89.7 cm³/mol. The minimum Gasteiger partial charge on any atom is -0.462 e. The number of nitrogens with one attached hydrogen (secondary N) is 2. The van der Waals surface area contributed by atoms with Gasteiger partial charge in [0.15, 0.2) is 0 Å². The molecule has 2 amide bonds. The van der Waals surface area contributed by atoms with Gasteiger partial charge in [-0.3, -0.25) is 0 Å². The summed E-state index contributed by atoms with van der Waals surface area (Å²) in [5.74, 6) is -0.387. The predicted octanol–water partition coefficient (Wildman–Crippen LogP) is 3.84. The van der Waals surface area contributed by atoms with Crippen LogP contribution in [0.25, 0.3) is 0 Å². The van der Waals surface area contributed by atoms with Gasteiger partial charge in [-0.15, -0.1) is 0 Å². The van der Waals surface area contributed by atoms with Crippen LogP contribution in [-0.4, -0.2) is 18.6 Å². The summed E-state index contributed by atoms with van der Waals surface area (Å²) < 4.78 is 4.90. The van der Waals surface area contributed by atoms with Crippen molar-refractivity contribution in [2.24, 2.45) is 0 Å². The fourth-order valence-electron chi connectivity index (χ4n) is 1.90. The Morgan fingerprint density at radius 1 is 1.09 bits per heavy atom. The summed E-state index contributed by atoms with van der Waals surface area (Å²) in [7, 11) is 0. The average molecular weight is 333 g/mol. The van der Waals surface area contributed by atoms with Crippen molar-refractivity contribution >= 4 is 29.3 Å². The summed E-state index contributed by atoms with van der Waals surface area (Å²) >= 11 is 6.03. The Balaban J connectivity index is 1.88. The number of carbonyl (C=O) groups is 2. The molecule has 5 nitrogen and oxygen atoms in total. The van der Waals surface area contributed by atoms with Gasteiger partial charge in [-0.1, -0.05) is 29.8 Å². The zero-order valence-electron chi connectivity index (χ0n) is 12.6. The number of rotatable bonds is 5. The van der Waals surface area contributed by atoms with E-state index in [0.29, 0.717) is 29.4 Å². The molecule has 2 N–H and O–H groups in total. The molecule has 0 unspecified atom stereocenters. The lowest BCUT2D eigenvalue weighted by molar-refractivity contribution is 0.0526. The third-order valence-electron chi connectivity index (χ3n) is 3.05. The Hall–Kier alpha value is -2.53. The highest BCUT2D eigenvalue weighted by atomic mass is 35.5. The summed E-state index contributed by atoms with van der Waals surface area (Å²) in [5, 5.41) is 6.01. The van der Waals surface area contributed by atoms with Gasteiger partial charge in [-0.2, -0.15) is 0 Å². The smallest absolute Gasteiger partial charge is 0.338 e. The lowest BCUT2D eigenvalue weighted by Crippen LogP contribution is -2.28. The van der Waals surface area contributed by atoms with Crippen LogP contribution in [0.15, 0.2) is 48.5 Å². The van der Waals surface area contributed by atoms with Gasteiger partial charge in [0.2, 0.25) is 0 Å². The van der Waals surface area contributed by atoms with Crippen LogP contribution in [0.3, 0.4) is 0 Å². The number of esters is 1. The van der Waals surface area contributed by atoms with E-state index in [1.54, 1.807) is 37.3 Å². The second kappa shape index (κ2) is 8.19. The molecule has 0 aromatic heterocycles. The Kier molecular flexibility index (Phi) is 6.00. The summed E-state index contributed by atoms with van der Waals surface area (Å²) in [5.41, 5.74) is 1.85. The van der Waals surface area contributed by atoms with Crippen LogP contribution in [-0.2, 0) is 11.3 Å². The summed E-state index contributed by atoms with van der Waals surface area (Å²) in [6.07, 6.45) is 0. The van der Waals surface area contributed by atoms with Crippen molar-refractivity contribution in [2.75, 3.05) is 11.9 Å². The van der Waals surface area contributed by atoms with Gasteiger partial charge in [0.05, 0.1) is 12.2 Å². The molecular weight excluding hydrogens is 316 g/mol. The first-order chi connectivity index (χ1) is 11.1. The highest BCUT2D eigenvalue weighted by Gasteiger charge is 2.07. The van der Waals surface area contributed by atoms with Crippen LogP contribution in [0.1, 0.15) is 22.8 Å². The minimum atomic E-state index is -0.387. The Morgan fingerprint density at radius 2 is 1.78 bits per heavy atom. The van der Waals surface area contributed by atoms with E-state index in [1.807, 2.05) is 18.2 Å². The highest BCUT2D eigenvalue weighted by molar-refractivity contribution is 6.31. The van der Waals surface area contributed by atoms with Crippen LogP contribution < -0.4 is 10.6 Å². The molecule has 120 valence electrons. The third-order valence-corrected chi connectivity index (χ3v) is 3.42. The standard InChI is InChI=1S/C17H17ClN2O3/c1-2-23-16(21)12-7-9-14(10-8-12)20-17(22)19-11-13-5-3-4-6-15(13)18/h3-10H,2,11H2,1H3,(H2,19,20,22). The Bertz CT molecular complexity index is 686. The molecule has 0 saturated heterocycles. The Labute approximate surface area is 139 Å². The number of urea groups is 1. The van der Waals surface area contributed by atoms with E-state index < -0.39 is 0 Å². The summed E-state index contributed by atoms with van der Waals surface area (Å²) in [6.45, 7) is 2.40. The first kappa shape index (κ1) is 16.8. The van der Waals surface area contributed by atoms with Gasteiger partial charge in [0, 0.05) is 17.3 Å². The molecule has 2 rings (SSSR count). The maximum absolute atomic E-state index is 11.9. The number of halogens is 1. The number of amides is 2. The van der Waals surface area contributed by atoms with Crippen LogP contribution in [0.5, 0.6) is 0 Å². The molecule has 0 fully saturated rings. The van der Waals surface area contributed by atoms with E-state index in [0.717, 1.165) is 5.56 Å². The van der Waals surface area contributed by atoms with Crippen LogP contribution in [0.4, 0.5) is 10.5 Å². The molecule has 2 aromatic carbocycles. The fourth-order valence-corrected chi connectivity index (χ4v) is 2.10. The first-order valence-corrected chi connectivity index (χ1v) is 7.53. The van der Waals surface area contributed by atoms with Gasteiger partial charge in [0.1, 0.15) is 0 Å². The molecule has 0 radical (unpaired) electrons. The number of hydrogen-bond donors (Lipinski definition) is 2. The molecule has 0 aliphatic carbocycles. The van der Waals surface area contributed by atoms with E-state index in [2.05, 4.69) is 10.6 Å². The third kappa shape index (κ3) is 5.00. The Morgan fingerprint density at radius 3 is 2.43 bits per heavy atom. The molecule has 23 heavy (non-hydrogen) atoms. The second-order valence-corrected chi connectivity index (χ2v) is 5.10. The monoisotopic (exact) mass is 332 g/mol. The van der Waals surface area contributed by atoms with Crippen molar-refractivity contribution in [3.63, 3.8) is 0 Å². The SMILES string of the molecule is CCOC(=O)c1ccc(NC(=O)NCc2ccccc2Cl)cc1. The van der Waals surface area contributed by atoms with Crippen LogP contribution in [0, 0.1) is 0 Å². The van der Waals surface area contributed by atoms with Gasteiger partial charge in [0.25, 0.3) is 0 Å². The maximum Gasteiger partial charge on any atom is 0.338 e. The average Bonchev–Trinajstić information content (AvgIpc) is 2.55. The molecule has 2 aromatic rings. The number of anilines is 1. The minimum absolute atomic E-state index is 0.323. The molecule has 0 atom stereocenters. The molecule has 6 heteroatoms. The van der Waals surface area contributed by atoms with Crippen molar-refractivity contribution in [1.82, 2.24) is 5.32 Å². The molecule has 0 bridgehead atoms. The zero-order chi connectivity index (χ0) is 16.7. The molecule has 0 aliphatic heterocycles. The number of hydrogen-bond acceptors (Lipinski definition) is 3. The summed E-state index contributed by atoms with van der Waals surface area (Å²) in [6, 6.07) is 13.4. The topological polar surface area (TPSA) is 67.4 Å².